The number of anilines is 1. The maximum atomic E-state index is 11.8. The summed E-state index contributed by atoms with van der Waals surface area (Å²) in [7, 11) is 0. The molecule has 0 unspecified atom stereocenters. The fourth-order valence-electron chi connectivity index (χ4n) is 1.22. The summed E-state index contributed by atoms with van der Waals surface area (Å²) in [6.07, 6.45) is 0.963. The Labute approximate surface area is 97.4 Å². The van der Waals surface area contributed by atoms with Gasteiger partial charge in [-0.15, -0.1) is 0 Å². The van der Waals surface area contributed by atoms with Gasteiger partial charge < -0.3 is 5.32 Å². The van der Waals surface area contributed by atoms with Crippen LogP contribution in [0.5, 0.6) is 0 Å². The molecule has 0 amide bonds. The van der Waals surface area contributed by atoms with Gasteiger partial charge in [0.2, 0.25) is 0 Å². The van der Waals surface area contributed by atoms with Crippen LogP contribution >= 0.6 is 11.8 Å². The number of rotatable bonds is 5. The van der Waals surface area contributed by atoms with Gasteiger partial charge in [0, 0.05) is 18.0 Å². The van der Waals surface area contributed by atoms with Gasteiger partial charge in [0.15, 0.2) is 0 Å². The quantitative estimate of drug-likeness (QED) is 0.794. The van der Waals surface area contributed by atoms with E-state index >= 15 is 0 Å². The van der Waals surface area contributed by atoms with Gasteiger partial charge in [0.25, 0.3) is 0 Å². The Balaban J connectivity index is 2.27. The molecule has 0 radical (unpaired) electrons. The van der Waals surface area contributed by atoms with Gasteiger partial charge in [-0.2, -0.15) is 13.2 Å². The summed E-state index contributed by atoms with van der Waals surface area (Å²) in [5.74, 6) is 0.0268. The van der Waals surface area contributed by atoms with Crippen molar-refractivity contribution in [3.63, 3.8) is 0 Å². The highest BCUT2D eigenvalue weighted by Gasteiger charge is 2.27. The third-order valence-electron chi connectivity index (χ3n) is 2.06. The van der Waals surface area contributed by atoms with E-state index in [4.69, 9.17) is 0 Å². The Morgan fingerprint density at radius 1 is 1.19 bits per heavy atom. The topological polar surface area (TPSA) is 12.0 Å². The highest BCUT2D eigenvalue weighted by molar-refractivity contribution is 8.00. The van der Waals surface area contributed by atoms with Gasteiger partial charge in [0.05, 0.1) is 0 Å². The standard InChI is InChI=1S/C11H14F3NS/c1-2-9-3-5-10(6-4-9)15-7-8-16-11(12,13)14/h3-6,15H,2,7-8H2,1H3. The first-order chi connectivity index (χ1) is 7.51. The first-order valence-electron chi connectivity index (χ1n) is 5.05. The van der Waals surface area contributed by atoms with Crippen molar-refractivity contribution in [2.45, 2.75) is 18.9 Å². The molecular weight excluding hydrogens is 235 g/mol. The summed E-state index contributed by atoms with van der Waals surface area (Å²) in [5, 5.41) is 2.95. The van der Waals surface area contributed by atoms with Crippen molar-refractivity contribution in [2.75, 3.05) is 17.6 Å². The zero-order valence-electron chi connectivity index (χ0n) is 8.97. The van der Waals surface area contributed by atoms with Gasteiger partial charge >= 0.3 is 5.51 Å². The predicted octanol–water partition coefficient (Wildman–Crippen LogP) is 3.91. The summed E-state index contributed by atoms with van der Waals surface area (Å²) < 4.78 is 35.4. The zero-order valence-corrected chi connectivity index (χ0v) is 9.79. The molecule has 1 aromatic carbocycles. The van der Waals surface area contributed by atoms with Crippen molar-refractivity contribution in [3.05, 3.63) is 29.8 Å². The minimum Gasteiger partial charge on any atom is -0.384 e. The summed E-state index contributed by atoms with van der Waals surface area (Å²) >= 11 is -0.00203. The van der Waals surface area contributed by atoms with E-state index in [1.54, 1.807) is 0 Å². The number of benzene rings is 1. The number of thioether (sulfide) groups is 1. The molecule has 16 heavy (non-hydrogen) atoms. The third-order valence-corrected chi connectivity index (χ3v) is 2.79. The fourth-order valence-corrected chi connectivity index (χ4v) is 1.66. The summed E-state index contributed by atoms with van der Waals surface area (Å²) in [4.78, 5) is 0. The molecule has 0 spiro atoms. The Kier molecular flexibility index (Phi) is 4.99. The van der Waals surface area contributed by atoms with E-state index in [2.05, 4.69) is 12.2 Å². The van der Waals surface area contributed by atoms with Crippen molar-refractivity contribution >= 4 is 17.4 Å². The van der Waals surface area contributed by atoms with Crippen molar-refractivity contribution in [3.8, 4) is 0 Å². The number of halogens is 3. The van der Waals surface area contributed by atoms with Crippen LogP contribution in [0.4, 0.5) is 18.9 Å². The van der Waals surface area contributed by atoms with E-state index in [0.29, 0.717) is 6.54 Å². The zero-order chi connectivity index (χ0) is 12.0. The minimum atomic E-state index is -4.13. The summed E-state index contributed by atoms with van der Waals surface area (Å²) in [6, 6.07) is 7.71. The molecule has 0 atom stereocenters. The van der Waals surface area contributed by atoms with Crippen LogP contribution in [0.2, 0.25) is 0 Å². The van der Waals surface area contributed by atoms with E-state index in [1.807, 2.05) is 24.3 Å². The van der Waals surface area contributed by atoms with Crippen molar-refractivity contribution in [1.82, 2.24) is 0 Å². The van der Waals surface area contributed by atoms with E-state index in [1.165, 1.54) is 5.56 Å². The first-order valence-corrected chi connectivity index (χ1v) is 6.03. The van der Waals surface area contributed by atoms with Gasteiger partial charge in [-0.05, 0) is 35.9 Å². The number of hydrogen-bond donors (Lipinski definition) is 1. The number of aryl methyl sites for hydroxylation is 1. The lowest BCUT2D eigenvalue weighted by atomic mass is 10.1. The maximum Gasteiger partial charge on any atom is 0.441 e. The second-order valence-corrected chi connectivity index (χ2v) is 4.43. The highest BCUT2D eigenvalue weighted by atomic mass is 32.2. The monoisotopic (exact) mass is 249 g/mol. The second kappa shape index (κ2) is 6.03. The lowest BCUT2D eigenvalue weighted by Gasteiger charge is -2.08. The van der Waals surface area contributed by atoms with Gasteiger partial charge in [-0.3, -0.25) is 0 Å². The third kappa shape index (κ3) is 5.30. The molecule has 0 aliphatic heterocycles. The lowest BCUT2D eigenvalue weighted by Crippen LogP contribution is -2.09. The number of nitrogens with one attached hydrogen (secondary N) is 1. The average Bonchev–Trinajstić information content (AvgIpc) is 2.24. The molecule has 0 aromatic heterocycles. The average molecular weight is 249 g/mol. The Bertz CT molecular complexity index is 308. The van der Waals surface area contributed by atoms with Crippen LogP contribution in [0.25, 0.3) is 0 Å². The van der Waals surface area contributed by atoms with E-state index in [0.717, 1.165) is 12.1 Å². The van der Waals surface area contributed by atoms with Gasteiger partial charge in [-0.1, -0.05) is 19.1 Å². The van der Waals surface area contributed by atoms with Gasteiger partial charge in [-0.25, -0.2) is 0 Å². The molecule has 0 aliphatic carbocycles. The molecule has 1 N–H and O–H groups in total. The van der Waals surface area contributed by atoms with Crippen LogP contribution in [0.1, 0.15) is 12.5 Å². The highest BCUT2D eigenvalue weighted by Crippen LogP contribution is 2.29. The Morgan fingerprint density at radius 2 is 1.81 bits per heavy atom. The molecule has 90 valence electrons. The van der Waals surface area contributed by atoms with Crippen molar-refractivity contribution in [1.29, 1.82) is 0 Å². The van der Waals surface area contributed by atoms with Crippen LogP contribution in [0.15, 0.2) is 24.3 Å². The Hall–Kier alpha value is -0.840. The molecule has 0 bridgehead atoms. The Morgan fingerprint density at radius 3 is 2.31 bits per heavy atom. The molecule has 1 aromatic rings. The number of hydrogen-bond acceptors (Lipinski definition) is 2. The summed E-state index contributed by atoms with van der Waals surface area (Å²) in [5.41, 5.74) is -2.05. The SMILES string of the molecule is CCc1ccc(NCCSC(F)(F)F)cc1. The van der Waals surface area contributed by atoms with Crippen LogP contribution in [0, 0.1) is 0 Å². The normalized spacial score (nSPS) is 11.5. The molecule has 0 saturated carbocycles. The smallest absolute Gasteiger partial charge is 0.384 e. The van der Waals surface area contributed by atoms with Crippen molar-refractivity contribution in [2.24, 2.45) is 0 Å². The van der Waals surface area contributed by atoms with Gasteiger partial charge in [0.1, 0.15) is 0 Å². The maximum absolute atomic E-state index is 11.8. The van der Waals surface area contributed by atoms with Crippen LogP contribution in [0.3, 0.4) is 0 Å². The van der Waals surface area contributed by atoms with E-state index in [9.17, 15) is 13.2 Å². The first kappa shape index (κ1) is 13.2. The van der Waals surface area contributed by atoms with E-state index < -0.39 is 5.51 Å². The molecule has 5 heteroatoms. The molecule has 1 rings (SSSR count). The lowest BCUT2D eigenvalue weighted by molar-refractivity contribution is -0.0327. The molecule has 0 aliphatic rings. The van der Waals surface area contributed by atoms with E-state index in [-0.39, 0.29) is 17.5 Å². The fraction of sp³-hybridized carbons (Fsp3) is 0.455. The molecular formula is C11H14F3NS. The summed E-state index contributed by atoms with van der Waals surface area (Å²) in [6.45, 7) is 2.37. The number of alkyl halides is 3. The van der Waals surface area contributed by atoms with Crippen LogP contribution < -0.4 is 5.32 Å². The minimum absolute atomic E-state index is 0.00203. The van der Waals surface area contributed by atoms with Crippen molar-refractivity contribution < 1.29 is 13.2 Å². The molecule has 0 saturated heterocycles. The predicted molar refractivity (Wildman–Crippen MR) is 62.8 cm³/mol. The van der Waals surface area contributed by atoms with Crippen LogP contribution in [-0.2, 0) is 6.42 Å². The van der Waals surface area contributed by atoms with Crippen LogP contribution in [-0.4, -0.2) is 17.8 Å². The second-order valence-electron chi connectivity index (χ2n) is 3.27. The largest absolute Gasteiger partial charge is 0.441 e. The molecule has 1 nitrogen and oxygen atoms in total. The molecule has 0 fully saturated rings. The molecule has 0 heterocycles.